The molecule has 0 atom stereocenters. The van der Waals surface area contributed by atoms with E-state index >= 15 is 0 Å². The molecule has 1 aromatic rings. The van der Waals surface area contributed by atoms with Crippen LogP contribution in [0.5, 0.6) is 5.75 Å². The van der Waals surface area contributed by atoms with Gasteiger partial charge in [0.2, 0.25) is 0 Å². The monoisotopic (exact) mass is 292 g/mol. The fourth-order valence-corrected chi connectivity index (χ4v) is 2.35. The van der Waals surface area contributed by atoms with Crippen molar-refractivity contribution in [2.45, 2.75) is 65.2 Å². The summed E-state index contributed by atoms with van der Waals surface area (Å²) in [6, 6.07) is 8.52. The zero-order valence-corrected chi connectivity index (χ0v) is 13.9. The molecule has 0 unspecified atom stereocenters. The second-order valence-electron chi connectivity index (χ2n) is 5.56. The third-order valence-corrected chi connectivity index (χ3v) is 3.65. The lowest BCUT2D eigenvalue weighted by atomic mass is 10.1. The Bertz CT molecular complexity index is 332. The first-order valence-corrected chi connectivity index (χ1v) is 8.66. The van der Waals surface area contributed by atoms with Crippen molar-refractivity contribution in [1.82, 2.24) is 0 Å². The van der Waals surface area contributed by atoms with E-state index in [4.69, 9.17) is 9.47 Å². The topological polar surface area (TPSA) is 18.5 Å². The van der Waals surface area contributed by atoms with E-state index in [0.717, 1.165) is 38.4 Å². The van der Waals surface area contributed by atoms with Gasteiger partial charge in [-0.15, -0.1) is 0 Å². The molecule has 0 aromatic heterocycles. The van der Waals surface area contributed by atoms with E-state index in [9.17, 15) is 0 Å². The Labute approximate surface area is 130 Å². The van der Waals surface area contributed by atoms with Crippen LogP contribution in [0.2, 0.25) is 0 Å². The number of hydrogen-bond acceptors (Lipinski definition) is 2. The first-order valence-electron chi connectivity index (χ1n) is 8.66. The van der Waals surface area contributed by atoms with Crippen LogP contribution in [0, 0.1) is 0 Å². The van der Waals surface area contributed by atoms with E-state index in [1.54, 1.807) is 0 Å². The quantitative estimate of drug-likeness (QED) is 0.453. The first-order chi connectivity index (χ1) is 10.4. The predicted molar refractivity (Wildman–Crippen MR) is 90.1 cm³/mol. The summed E-state index contributed by atoms with van der Waals surface area (Å²) in [5, 5.41) is 0. The lowest BCUT2D eigenvalue weighted by Gasteiger charge is -2.07. The molecule has 2 nitrogen and oxygen atoms in total. The summed E-state index contributed by atoms with van der Waals surface area (Å²) in [6.07, 6.45) is 10.0. The molecular formula is C19H32O2. The summed E-state index contributed by atoms with van der Waals surface area (Å²) < 4.78 is 11.1. The molecule has 0 saturated heterocycles. The highest BCUT2D eigenvalue weighted by Gasteiger charge is 1.97. The number of ether oxygens (including phenoxy) is 2. The van der Waals surface area contributed by atoms with Crippen LogP contribution in [-0.4, -0.2) is 19.8 Å². The molecule has 1 aromatic carbocycles. The zero-order valence-electron chi connectivity index (χ0n) is 13.9. The Balaban J connectivity index is 2.07. The molecule has 0 saturated carbocycles. The minimum absolute atomic E-state index is 0.811. The third-order valence-electron chi connectivity index (χ3n) is 3.65. The molecule has 1 rings (SSSR count). The van der Waals surface area contributed by atoms with Crippen molar-refractivity contribution in [2.75, 3.05) is 19.8 Å². The second kappa shape index (κ2) is 12.7. The van der Waals surface area contributed by atoms with Gasteiger partial charge in [-0.3, -0.25) is 0 Å². The van der Waals surface area contributed by atoms with E-state index in [2.05, 4.69) is 31.2 Å². The molecule has 0 bridgehead atoms. The van der Waals surface area contributed by atoms with E-state index in [1.165, 1.54) is 44.1 Å². The molecule has 0 aliphatic rings. The maximum Gasteiger partial charge on any atom is 0.119 e. The Morgan fingerprint density at radius 3 is 2.19 bits per heavy atom. The van der Waals surface area contributed by atoms with Crippen LogP contribution in [0.1, 0.15) is 64.4 Å². The van der Waals surface area contributed by atoms with E-state index in [-0.39, 0.29) is 0 Å². The van der Waals surface area contributed by atoms with Gasteiger partial charge in [-0.25, -0.2) is 0 Å². The van der Waals surface area contributed by atoms with Gasteiger partial charge in [0.05, 0.1) is 6.61 Å². The van der Waals surface area contributed by atoms with Crippen molar-refractivity contribution in [3.63, 3.8) is 0 Å². The zero-order chi connectivity index (χ0) is 15.2. The van der Waals surface area contributed by atoms with Crippen LogP contribution in [0.25, 0.3) is 0 Å². The average molecular weight is 292 g/mol. The molecule has 0 heterocycles. The molecule has 21 heavy (non-hydrogen) atoms. The molecule has 0 spiro atoms. The van der Waals surface area contributed by atoms with Crippen LogP contribution < -0.4 is 4.74 Å². The summed E-state index contributed by atoms with van der Waals surface area (Å²) in [7, 11) is 0. The molecule has 0 amide bonds. The van der Waals surface area contributed by atoms with Gasteiger partial charge in [0.15, 0.2) is 0 Å². The summed E-state index contributed by atoms with van der Waals surface area (Å²) in [6.45, 7) is 6.80. The normalized spacial score (nSPS) is 10.8. The highest BCUT2D eigenvalue weighted by molar-refractivity contribution is 5.27. The predicted octanol–water partition coefficient (Wildman–Crippen LogP) is 5.40. The lowest BCUT2D eigenvalue weighted by molar-refractivity contribution is 0.145. The summed E-state index contributed by atoms with van der Waals surface area (Å²) in [4.78, 5) is 0. The van der Waals surface area contributed by atoms with Crippen molar-refractivity contribution in [3.05, 3.63) is 29.8 Å². The molecule has 0 aliphatic carbocycles. The second-order valence-corrected chi connectivity index (χ2v) is 5.56. The maximum atomic E-state index is 5.79. The maximum absolute atomic E-state index is 5.79. The molecular weight excluding hydrogens is 260 g/mol. The summed E-state index contributed by atoms with van der Waals surface area (Å²) >= 11 is 0. The Kier molecular flexibility index (Phi) is 10.9. The highest BCUT2D eigenvalue weighted by atomic mass is 16.5. The van der Waals surface area contributed by atoms with Crippen molar-refractivity contribution >= 4 is 0 Å². The summed E-state index contributed by atoms with van der Waals surface area (Å²) in [5.74, 6) is 0.997. The van der Waals surface area contributed by atoms with Crippen molar-refractivity contribution in [1.29, 1.82) is 0 Å². The van der Waals surface area contributed by atoms with E-state index in [0.29, 0.717) is 0 Å². The SMILES string of the molecule is CCCCCCCCOc1ccc(CCCOCC)cc1. The fourth-order valence-electron chi connectivity index (χ4n) is 2.35. The van der Waals surface area contributed by atoms with Gasteiger partial charge >= 0.3 is 0 Å². The van der Waals surface area contributed by atoms with E-state index < -0.39 is 0 Å². The largest absolute Gasteiger partial charge is 0.494 e. The van der Waals surface area contributed by atoms with Crippen molar-refractivity contribution in [3.8, 4) is 5.75 Å². The van der Waals surface area contributed by atoms with Crippen LogP contribution >= 0.6 is 0 Å². The number of rotatable bonds is 13. The molecule has 0 fully saturated rings. The highest BCUT2D eigenvalue weighted by Crippen LogP contribution is 2.14. The van der Waals surface area contributed by atoms with Crippen molar-refractivity contribution in [2.24, 2.45) is 0 Å². The standard InChI is InChI=1S/C19H32O2/c1-3-5-6-7-8-9-17-21-19-14-12-18(13-15-19)11-10-16-20-4-2/h12-15H,3-11,16-17H2,1-2H3. The van der Waals surface area contributed by atoms with Gasteiger partial charge in [0.25, 0.3) is 0 Å². The molecule has 2 heteroatoms. The molecule has 0 radical (unpaired) electrons. The smallest absolute Gasteiger partial charge is 0.119 e. The Morgan fingerprint density at radius 1 is 0.762 bits per heavy atom. The lowest BCUT2D eigenvalue weighted by Crippen LogP contribution is -1.98. The minimum Gasteiger partial charge on any atom is -0.494 e. The Morgan fingerprint density at radius 2 is 1.48 bits per heavy atom. The van der Waals surface area contributed by atoms with Gasteiger partial charge in [0, 0.05) is 13.2 Å². The number of unbranched alkanes of at least 4 members (excludes halogenated alkanes) is 5. The van der Waals surface area contributed by atoms with Gasteiger partial charge < -0.3 is 9.47 Å². The van der Waals surface area contributed by atoms with Crippen LogP contribution in [-0.2, 0) is 11.2 Å². The fraction of sp³-hybridized carbons (Fsp3) is 0.684. The first kappa shape index (κ1) is 18.0. The number of hydrogen-bond donors (Lipinski definition) is 0. The Hall–Kier alpha value is -1.02. The number of benzene rings is 1. The van der Waals surface area contributed by atoms with E-state index in [1.807, 2.05) is 6.92 Å². The van der Waals surface area contributed by atoms with Gasteiger partial charge in [-0.05, 0) is 43.9 Å². The average Bonchev–Trinajstić information content (AvgIpc) is 2.52. The minimum atomic E-state index is 0.811. The molecule has 120 valence electrons. The van der Waals surface area contributed by atoms with Gasteiger partial charge in [-0.1, -0.05) is 51.2 Å². The summed E-state index contributed by atoms with van der Waals surface area (Å²) in [5.41, 5.74) is 1.36. The third kappa shape index (κ3) is 9.52. The van der Waals surface area contributed by atoms with Gasteiger partial charge in [0.1, 0.15) is 5.75 Å². The molecule has 0 N–H and O–H groups in total. The van der Waals surface area contributed by atoms with Crippen molar-refractivity contribution < 1.29 is 9.47 Å². The number of aryl methyl sites for hydroxylation is 1. The van der Waals surface area contributed by atoms with Gasteiger partial charge in [-0.2, -0.15) is 0 Å². The molecule has 0 aliphatic heterocycles. The van der Waals surface area contributed by atoms with Crippen LogP contribution in [0.4, 0.5) is 0 Å². The van der Waals surface area contributed by atoms with Crippen LogP contribution in [0.3, 0.4) is 0 Å². The van der Waals surface area contributed by atoms with Crippen LogP contribution in [0.15, 0.2) is 24.3 Å².